The van der Waals surface area contributed by atoms with Crippen molar-refractivity contribution in [2.24, 2.45) is 0 Å². The van der Waals surface area contributed by atoms with Crippen molar-refractivity contribution >= 4 is 5.97 Å². The van der Waals surface area contributed by atoms with E-state index in [1.807, 2.05) is 20.8 Å². The first-order valence-corrected chi connectivity index (χ1v) is 6.51. The highest BCUT2D eigenvalue weighted by atomic mass is 16.4. The predicted molar refractivity (Wildman–Crippen MR) is 68.5 cm³/mol. The van der Waals surface area contributed by atoms with Gasteiger partial charge in [0, 0.05) is 12.8 Å². The van der Waals surface area contributed by atoms with E-state index in [0.29, 0.717) is 13.1 Å². The molecule has 1 heterocycles. The highest BCUT2D eigenvalue weighted by Crippen LogP contribution is 2.03. The third kappa shape index (κ3) is 3.80. The van der Waals surface area contributed by atoms with E-state index in [9.17, 15) is 4.79 Å². The molecule has 0 radical (unpaired) electrons. The van der Waals surface area contributed by atoms with Gasteiger partial charge in [0.05, 0.1) is 6.54 Å². The molecule has 6 nitrogen and oxygen atoms in total. The minimum Gasteiger partial charge on any atom is -0.480 e. The van der Waals surface area contributed by atoms with Gasteiger partial charge in [0.15, 0.2) is 5.82 Å². The smallest absolute Gasteiger partial charge is 0.322 e. The van der Waals surface area contributed by atoms with Gasteiger partial charge in [0.2, 0.25) is 0 Å². The van der Waals surface area contributed by atoms with Crippen LogP contribution in [0.1, 0.15) is 38.8 Å². The second-order valence-electron chi connectivity index (χ2n) is 4.18. The van der Waals surface area contributed by atoms with Gasteiger partial charge in [-0.25, -0.2) is 9.67 Å². The van der Waals surface area contributed by atoms with E-state index in [1.54, 1.807) is 4.68 Å². The number of carboxylic acids is 1. The van der Waals surface area contributed by atoms with E-state index in [4.69, 9.17) is 5.11 Å². The summed E-state index contributed by atoms with van der Waals surface area (Å²) in [5.74, 6) is 0.766. The number of carboxylic acid groups (broad SMARTS) is 1. The van der Waals surface area contributed by atoms with E-state index < -0.39 is 12.0 Å². The molecule has 2 N–H and O–H groups in total. The Kier molecular flexibility index (Phi) is 5.77. The molecule has 0 aliphatic carbocycles. The molecule has 6 heteroatoms. The van der Waals surface area contributed by atoms with E-state index >= 15 is 0 Å². The summed E-state index contributed by atoms with van der Waals surface area (Å²) in [6.07, 6.45) is 2.43. The zero-order valence-electron chi connectivity index (χ0n) is 11.3. The molecule has 0 aliphatic rings. The van der Waals surface area contributed by atoms with Gasteiger partial charge in [0.1, 0.15) is 11.9 Å². The maximum absolute atomic E-state index is 11.2. The van der Waals surface area contributed by atoms with Crippen LogP contribution in [0.3, 0.4) is 0 Å². The minimum atomic E-state index is -0.848. The number of rotatable bonds is 8. The molecule has 1 unspecified atom stereocenters. The van der Waals surface area contributed by atoms with Crippen LogP contribution in [0.15, 0.2) is 0 Å². The predicted octanol–water partition coefficient (Wildman–Crippen LogP) is 0.856. The molecule has 18 heavy (non-hydrogen) atoms. The molecule has 0 bridgehead atoms. The Morgan fingerprint density at radius 1 is 1.39 bits per heavy atom. The van der Waals surface area contributed by atoms with Crippen molar-refractivity contribution in [3.63, 3.8) is 0 Å². The highest BCUT2D eigenvalue weighted by Gasteiger charge is 2.19. The lowest BCUT2D eigenvalue weighted by Gasteiger charge is -2.14. The molecule has 0 saturated heterocycles. The summed E-state index contributed by atoms with van der Waals surface area (Å²) in [5.41, 5.74) is 0. The zero-order valence-corrected chi connectivity index (χ0v) is 11.3. The van der Waals surface area contributed by atoms with Gasteiger partial charge in [-0.15, -0.1) is 0 Å². The fourth-order valence-corrected chi connectivity index (χ4v) is 1.71. The summed E-state index contributed by atoms with van der Waals surface area (Å²) in [7, 11) is 0. The van der Waals surface area contributed by atoms with Crippen LogP contribution in [0.25, 0.3) is 0 Å². The third-order valence-electron chi connectivity index (χ3n) is 2.72. The number of hydrogen-bond acceptors (Lipinski definition) is 4. The normalized spacial score (nSPS) is 12.6. The van der Waals surface area contributed by atoms with Gasteiger partial charge in [-0.1, -0.05) is 20.8 Å². The Balaban J connectivity index is 2.78. The first-order chi connectivity index (χ1) is 8.62. The van der Waals surface area contributed by atoms with Crippen molar-refractivity contribution < 1.29 is 9.90 Å². The van der Waals surface area contributed by atoms with Crippen molar-refractivity contribution in [2.45, 2.75) is 52.6 Å². The van der Waals surface area contributed by atoms with Crippen molar-refractivity contribution in [2.75, 3.05) is 6.54 Å². The molecule has 1 aromatic rings. The number of aryl methyl sites for hydroxylation is 2. The van der Waals surface area contributed by atoms with Gasteiger partial charge < -0.3 is 10.4 Å². The molecule has 1 rings (SSSR count). The Hall–Kier alpha value is -1.43. The number of hydrogen-bond donors (Lipinski definition) is 2. The monoisotopic (exact) mass is 254 g/mol. The highest BCUT2D eigenvalue weighted by molar-refractivity contribution is 5.73. The van der Waals surface area contributed by atoms with Gasteiger partial charge >= 0.3 is 5.97 Å². The second-order valence-corrected chi connectivity index (χ2v) is 4.18. The van der Waals surface area contributed by atoms with Crippen LogP contribution in [-0.4, -0.2) is 38.4 Å². The van der Waals surface area contributed by atoms with Crippen LogP contribution in [-0.2, 0) is 24.2 Å². The number of aromatic nitrogens is 3. The lowest BCUT2D eigenvalue weighted by atomic mass is 10.3. The molecule has 0 amide bonds. The van der Waals surface area contributed by atoms with E-state index in [1.165, 1.54) is 0 Å². The lowest BCUT2D eigenvalue weighted by molar-refractivity contribution is -0.139. The van der Waals surface area contributed by atoms with Crippen molar-refractivity contribution in [3.8, 4) is 0 Å². The van der Waals surface area contributed by atoms with Gasteiger partial charge in [-0.2, -0.15) is 5.10 Å². The molecule has 0 saturated carbocycles. The zero-order chi connectivity index (χ0) is 13.5. The van der Waals surface area contributed by atoms with E-state index in [-0.39, 0.29) is 0 Å². The average molecular weight is 254 g/mol. The Morgan fingerprint density at radius 2 is 2.11 bits per heavy atom. The summed E-state index contributed by atoms with van der Waals surface area (Å²) >= 11 is 0. The SMILES string of the molecule is CCCNC(Cn1nc(CC)nc1CC)C(=O)O. The molecular formula is C12H22N4O2. The number of carbonyl (C=O) groups is 1. The van der Waals surface area contributed by atoms with Crippen LogP contribution < -0.4 is 5.32 Å². The fourth-order valence-electron chi connectivity index (χ4n) is 1.71. The molecule has 102 valence electrons. The summed E-state index contributed by atoms with van der Waals surface area (Å²) in [6.45, 7) is 7.01. The minimum absolute atomic E-state index is 0.325. The molecule has 1 aromatic heterocycles. The summed E-state index contributed by atoms with van der Waals surface area (Å²) in [4.78, 5) is 15.5. The molecule has 0 aromatic carbocycles. The van der Waals surface area contributed by atoms with E-state index in [2.05, 4.69) is 15.4 Å². The lowest BCUT2D eigenvalue weighted by Crippen LogP contribution is -2.41. The van der Waals surface area contributed by atoms with Crippen molar-refractivity contribution in [1.29, 1.82) is 0 Å². The third-order valence-corrected chi connectivity index (χ3v) is 2.72. The largest absolute Gasteiger partial charge is 0.480 e. The Bertz CT molecular complexity index is 389. The Labute approximate surface area is 107 Å². The standard InChI is InChI=1S/C12H22N4O2/c1-4-7-13-9(12(17)18)8-16-11(6-3)14-10(5-2)15-16/h9,13H,4-8H2,1-3H3,(H,17,18). The van der Waals surface area contributed by atoms with Crippen LogP contribution in [0.5, 0.6) is 0 Å². The van der Waals surface area contributed by atoms with Crippen LogP contribution >= 0.6 is 0 Å². The molecule has 0 aliphatic heterocycles. The molecular weight excluding hydrogens is 232 g/mol. The number of aliphatic carboxylic acids is 1. The van der Waals surface area contributed by atoms with Crippen LogP contribution in [0.4, 0.5) is 0 Å². The summed E-state index contributed by atoms with van der Waals surface area (Å²) < 4.78 is 1.71. The van der Waals surface area contributed by atoms with E-state index in [0.717, 1.165) is 30.9 Å². The first kappa shape index (κ1) is 14.6. The van der Waals surface area contributed by atoms with Crippen molar-refractivity contribution in [3.05, 3.63) is 11.6 Å². The van der Waals surface area contributed by atoms with Crippen LogP contribution in [0.2, 0.25) is 0 Å². The topological polar surface area (TPSA) is 80.0 Å². The first-order valence-electron chi connectivity index (χ1n) is 6.51. The number of nitrogens with one attached hydrogen (secondary N) is 1. The molecule has 1 atom stereocenters. The van der Waals surface area contributed by atoms with Gasteiger partial charge in [-0.05, 0) is 13.0 Å². The average Bonchev–Trinajstić information content (AvgIpc) is 2.76. The number of nitrogens with zero attached hydrogens (tertiary/aromatic N) is 3. The Morgan fingerprint density at radius 3 is 2.61 bits per heavy atom. The quantitative estimate of drug-likeness (QED) is 0.719. The van der Waals surface area contributed by atoms with Crippen molar-refractivity contribution in [1.82, 2.24) is 20.1 Å². The summed E-state index contributed by atoms with van der Waals surface area (Å²) in [6, 6.07) is -0.610. The fraction of sp³-hybridized carbons (Fsp3) is 0.750. The second kappa shape index (κ2) is 7.10. The van der Waals surface area contributed by atoms with Gasteiger partial charge in [-0.3, -0.25) is 4.79 Å². The summed E-state index contributed by atoms with van der Waals surface area (Å²) in [5, 5.41) is 16.5. The van der Waals surface area contributed by atoms with Crippen LogP contribution in [0, 0.1) is 0 Å². The molecule has 0 fully saturated rings. The van der Waals surface area contributed by atoms with Gasteiger partial charge in [0.25, 0.3) is 0 Å². The molecule has 0 spiro atoms. The maximum Gasteiger partial charge on any atom is 0.322 e. The maximum atomic E-state index is 11.2.